The van der Waals surface area contributed by atoms with Gasteiger partial charge in [-0.25, -0.2) is 0 Å². The maximum Gasteiger partial charge on any atom is -0.0166 e. The number of allylic oxidation sites excluding steroid dienone is 2. The third-order valence-electron chi connectivity index (χ3n) is 4.12. The van der Waals surface area contributed by atoms with E-state index in [4.69, 9.17) is 0 Å². The molecule has 0 N–H and O–H groups in total. The molecule has 2 fully saturated rings. The van der Waals surface area contributed by atoms with E-state index in [2.05, 4.69) is 0 Å². The summed E-state index contributed by atoms with van der Waals surface area (Å²) in [6, 6.07) is 0. The van der Waals surface area contributed by atoms with Crippen molar-refractivity contribution in [2.24, 2.45) is 23.7 Å². The Morgan fingerprint density at radius 3 is 1.80 bits per heavy atom. The summed E-state index contributed by atoms with van der Waals surface area (Å²) in [6.45, 7) is 0. The van der Waals surface area contributed by atoms with Crippen molar-refractivity contribution >= 4 is 0 Å². The molecule has 10 heavy (non-hydrogen) atoms. The molecule has 4 aliphatic carbocycles. The second kappa shape index (κ2) is 1.11. The van der Waals surface area contributed by atoms with Gasteiger partial charge >= 0.3 is 0 Å². The predicted molar refractivity (Wildman–Crippen MR) is 39.5 cm³/mol. The van der Waals surface area contributed by atoms with Crippen molar-refractivity contribution in [1.29, 1.82) is 0 Å². The van der Waals surface area contributed by atoms with Crippen LogP contribution in [0.5, 0.6) is 0 Å². The van der Waals surface area contributed by atoms with E-state index < -0.39 is 0 Å². The second-order valence-corrected chi connectivity index (χ2v) is 4.66. The lowest BCUT2D eigenvalue weighted by Gasteiger charge is -2.00. The molecule has 0 aliphatic heterocycles. The Labute approximate surface area is 61.3 Å². The first-order chi connectivity index (χ1) is 4.93. The summed E-state index contributed by atoms with van der Waals surface area (Å²) in [5.41, 5.74) is 3.90. The smallest absolute Gasteiger partial charge is 0.0166 e. The molecule has 0 saturated heterocycles. The summed E-state index contributed by atoms with van der Waals surface area (Å²) in [6.07, 6.45) is 6.19. The monoisotopic (exact) mass is 132 g/mol. The van der Waals surface area contributed by atoms with Gasteiger partial charge in [-0.3, -0.25) is 0 Å². The quantitative estimate of drug-likeness (QED) is 0.444. The fraction of sp³-hybridized carbons (Fsp3) is 0.800. The van der Waals surface area contributed by atoms with Gasteiger partial charge in [-0.15, -0.1) is 0 Å². The van der Waals surface area contributed by atoms with Gasteiger partial charge < -0.3 is 0 Å². The molecule has 0 heteroatoms. The highest BCUT2D eigenvalue weighted by Gasteiger charge is 2.57. The van der Waals surface area contributed by atoms with Crippen molar-refractivity contribution in [1.82, 2.24) is 0 Å². The number of hydrogen-bond acceptors (Lipinski definition) is 0. The van der Waals surface area contributed by atoms with Crippen molar-refractivity contribution in [3.8, 4) is 0 Å². The summed E-state index contributed by atoms with van der Waals surface area (Å²) in [5.74, 6) is 4.57. The summed E-state index contributed by atoms with van der Waals surface area (Å²) < 4.78 is 0. The number of fused-ring (bicyclic) bond motifs is 4. The first-order valence-electron chi connectivity index (χ1n) is 4.65. The van der Waals surface area contributed by atoms with Gasteiger partial charge in [-0.05, 0) is 49.4 Å². The third-order valence-corrected chi connectivity index (χ3v) is 4.12. The van der Waals surface area contributed by atoms with E-state index in [9.17, 15) is 0 Å². The molecule has 0 nitrogen and oxygen atoms in total. The molecule has 4 unspecified atom stereocenters. The molecule has 4 atom stereocenters. The Morgan fingerprint density at radius 2 is 1.30 bits per heavy atom. The summed E-state index contributed by atoms with van der Waals surface area (Å²) >= 11 is 0. The van der Waals surface area contributed by atoms with E-state index in [1.54, 1.807) is 12.8 Å². The van der Waals surface area contributed by atoms with Crippen LogP contribution in [-0.2, 0) is 0 Å². The Morgan fingerprint density at radius 1 is 0.800 bits per heavy atom. The minimum absolute atomic E-state index is 1.13. The number of hydrogen-bond donors (Lipinski definition) is 0. The molecule has 2 saturated carbocycles. The lowest BCUT2D eigenvalue weighted by atomic mass is 10.1. The zero-order valence-electron chi connectivity index (χ0n) is 6.14. The van der Waals surface area contributed by atoms with Crippen molar-refractivity contribution in [2.45, 2.75) is 25.7 Å². The molecule has 4 rings (SSSR count). The molecule has 0 spiro atoms. The highest BCUT2D eigenvalue weighted by Crippen LogP contribution is 2.68. The van der Waals surface area contributed by atoms with Crippen LogP contribution >= 0.6 is 0 Å². The minimum atomic E-state index is 1.13. The van der Waals surface area contributed by atoms with Crippen LogP contribution in [0.4, 0.5) is 0 Å². The minimum Gasteiger partial charge on any atom is -0.0670 e. The molecule has 0 aromatic rings. The van der Waals surface area contributed by atoms with Gasteiger partial charge in [0.1, 0.15) is 0 Å². The van der Waals surface area contributed by atoms with Crippen molar-refractivity contribution < 1.29 is 0 Å². The molecule has 0 heterocycles. The fourth-order valence-corrected chi connectivity index (χ4v) is 3.41. The van der Waals surface area contributed by atoms with Gasteiger partial charge in [-0.2, -0.15) is 0 Å². The van der Waals surface area contributed by atoms with Gasteiger partial charge in [0.15, 0.2) is 0 Å². The van der Waals surface area contributed by atoms with Crippen molar-refractivity contribution in [3.63, 3.8) is 0 Å². The third kappa shape index (κ3) is 0.349. The molecule has 52 valence electrons. The largest absolute Gasteiger partial charge is 0.0670 e. The highest BCUT2D eigenvalue weighted by molar-refractivity contribution is 5.41. The average molecular weight is 132 g/mol. The zero-order chi connectivity index (χ0) is 6.29. The summed E-state index contributed by atoms with van der Waals surface area (Å²) in [5, 5.41) is 0. The fourth-order valence-electron chi connectivity index (χ4n) is 3.41. The molecule has 4 aliphatic rings. The van der Waals surface area contributed by atoms with E-state index in [0.29, 0.717) is 0 Å². The van der Waals surface area contributed by atoms with E-state index in [-0.39, 0.29) is 0 Å². The van der Waals surface area contributed by atoms with Crippen LogP contribution in [0.15, 0.2) is 11.1 Å². The summed E-state index contributed by atoms with van der Waals surface area (Å²) in [7, 11) is 0. The first-order valence-corrected chi connectivity index (χ1v) is 4.65. The lowest BCUT2D eigenvalue weighted by molar-refractivity contribution is 0.719. The molecular weight excluding hydrogens is 120 g/mol. The van der Waals surface area contributed by atoms with Crippen LogP contribution in [0.1, 0.15) is 25.7 Å². The van der Waals surface area contributed by atoms with Crippen LogP contribution in [0.2, 0.25) is 0 Å². The molecule has 0 amide bonds. The topological polar surface area (TPSA) is 0 Å². The Balaban J connectivity index is 1.87. The first kappa shape index (κ1) is 4.58. The summed E-state index contributed by atoms with van der Waals surface area (Å²) in [4.78, 5) is 0. The predicted octanol–water partition coefficient (Wildman–Crippen LogP) is 2.36. The van der Waals surface area contributed by atoms with E-state index in [1.807, 2.05) is 11.1 Å². The van der Waals surface area contributed by atoms with Gasteiger partial charge in [0.2, 0.25) is 0 Å². The standard InChI is InChI=1S/C10H12/c1-5-3-10-8-2-6(8)4-9(10)7(1)5/h5-8H,1-4H2. The maximum absolute atomic E-state index is 1.95. The van der Waals surface area contributed by atoms with E-state index >= 15 is 0 Å². The van der Waals surface area contributed by atoms with Crippen LogP contribution in [0, 0.1) is 23.7 Å². The van der Waals surface area contributed by atoms with Crippen molar-refractivity contribution in [2.75, 3.05) is 0 Å². The second-order valence-electron chi connectivity index (χ2n) is 4.66. The van der Waals surface area contributed by atoms with Crippen LogP contribution < -0.4 is 0 Å². The van der Waals surface area contributed by atoms with Gasteiger partial charge in [0, 0.05) is 0 Å². The maximum atomic E-state index is 1.95. The van der Waals surface area contributed by atoms with E-state index in [1.165, 1.54) is 12.8 Å². The molecule has 0 bridgehead atoms. The SMILES string of the molecule is C1C2=C(CC3CC23)C2CC12. The van der Waals surface area contributed by atoms with Crippen molar-refractivity contribution in [3.05, 3.63) is 11.1 Å². The van der Waals surface area contributed by atoms with Crippen LogP contribution in [0.25, 0.3) is 0 Å². The van der Waals surface area contributed by atoms with Gasteiger partial charge in [0.25, 0.3) is 0 Å². The van der Waals surface area contributed by atoms with Gasteiger partial charge in [0.05, 0.1) is 0 Å². The average Bonchev–Trinajstić information content (AvgIpc) is 2.76. The molecule has 0 aromatic heterocycles. The molecule has 0 aromatic carbocycles. The highest BCUT2D eigenvalue weighted by atomic mass is 14.6. The van der Waals surface area contributed by atoms with E-state index in [0.717, 1.165) is 23.7 Å². The lowest BCUT2D eigenvalue weighted by Crippen LogP contribution is -1.83. The molecule has 0 radical (unpaired) electrons. The molecular formula is C10H12. The van der Waals surface area contributed by atoms with Crippen LogP contribution in [0.3, 0.4) is 0 Å². The van der Waals surface area contributed by atoms with Gasteiger partial charge in [-0.1, -0.05) is 11.1 Å². The number of rotatable bonds is 0. The zero-order valence-corrected chi connectivity index (χ0v) is 6.14. The Bertz CT molecular complexity index is 223. The van der Waals surface area contributed by atoms with Crippen LogP contribution in [-0.4, -0.2) is 0 Å². The normalized spacial score (nSPS) is 60.0. The Kier molecular flexibility index (Phi) is 0.508. The Hall–Kier alpha value is -0.260.